The molecular weight excluding hydrogens is 396 g/mol. The first-order valence-electron chi connectivity index (χ1n) is 7.10. The van der Waals surface area contributed by atoms with Gasteiger partial charge in [-0.25, -0.2) is 9.59 Å². The highest BCUT2D eigenvalue weighted by atomic mass is 79.9. The second-order valence-electron chi connectivity index (χ2n) is 5.24. The number of fused-ring (bicyclic) bond motifs is 1. The molecule has 0 amide bonds. The Labute approximate surface area is 151 Å². The lowest BCUT2D eigenvalue weighted by molar-refractivity contribution is 0.0472. The van der Waals surface area contributed by atoms with Crippen LogP contribution in [0.2, 0.25) is 5.02 Å². The third kappa shape index (κ3) is 3.37. The molecule has 0 saturated heterocycles. The molecule has 0 aliphatic rings. The molecule has 0 aliphatic heterocycles. The van der Waals surface area contributed by atoms with Crippen LogP contribution in [0.5, 0.6) is 0 Å². The number of carbonyl (C=O) groups is 1. The van der Waals surface area contributed by atoms with Crippen molar-refractivity contribution in [2.24, 2.45) is 0 Å². The van der Waals surface area contributed by atoms with E-state index in [1.807, 2.05) is 6.92 Å². The molecule has 1 heterocycles. The maximum Gasteiger partial charge on any atom is 0.339 e. The number of ether oxygens (including phenoxy) is 1. The molecule has 24 heavy (non-hydrogen) atoms. The number of halogens is 2. The number of hydrogen-bond donors (Lipinski definition) is 0. The zero-order valence-electron chi connectivity index (χ0n) is 12.6. The van der Waals surface area contributed by atoms with Crippen LogP contribution in [0.1, 0.15) is 21.5 Å². The van der Waals surface area contributed by atoms with E-state index >= 15 is 0 Å². The minimum Gasteiger partial charge on any atom is -0.457 e. The van der Waals surface area contributed by atoms with E-state index in [0.29, 0.717) is 31.6 Å². The fourth-order valence-electron chi connectivity index (χ4n) is 2.32. The first kappa shape index (κ1) is 16.7. The molecule has 0 aliphatic carbocycles. The van der Waals surface area contributed by atoms with Gasteiger partial charge in [-0.3, -0.25) is 0 Å². The Morgan fingerprint density at radius 1 is 1.25 bits per heavy atom. The minimum absolute atomic E-state index is 0.0539. The molecule has 0 radical (unpaired) electrons. The summed E-state index contributed by atoms with van der Waals surface area (Å²) in [5, 5.41) is 1.19. The average molecular weight is 408 g/mol. The predicted octanol–water partition coefficient (Wildman–Crippen LogP) is 4.87. The molecule has 1 aromatic heterocycles. The number of esters is 1. The van der Waals surface area contributed by atoms with E-state index in [2.05, 4.69) is 15.9 Å². The van der Waals surface area contributed by atoms with Gasteiger partial charge in [0.25, 0.3) is 0 Å². The first-order chi connectivity index (χ1) is 11.5. The number of benzene rings is 2. The zero-order chi connectivity index (χ0) is 17.3. The molecule has 0 N–H and O–H groups in total. The highest BCUT2D eigenvalue weighted by molar-refractivity contribution is 9.10. The van der Waals surface area contributed by atoms with Crippen LogP contribution in [-0.4, -0.2) is 5.97 Å². The van der Waals surface area contributed by atoms with Crippen molar-refractivity contribution < 1.29 is 13.9 Å². The Kier molecular flexibility index (Phi) is 4.73. The molecule has 0 unspecified atom stereocenters. The van der Waals surface area contributed by atoms with Gasteiger partial charge in [0.05, 0.1) is 5.56 Å². The molecule has 6 heteroatoms. The van der Waals surface area contributed by atoms with Crippen LogP contribution in [0, 0.1) is 6.92 Å². The molecule has 2 aromatic carbocycles. The van der Waals surface area contributed by atoms with Gasteiger partial charge in [0, 0.05) is 26.5 Å². The maximum atomic E-state index is 12.2. The van der Waals surface area contributed by atoms with Crippen molar-refractivity contribution in [1.29, 1.82) is 0 Å². The number of aryl methyl sites for hydroxylation is 1. The fraction of sp³-hybridized carbons (Fsp3) is 0.111. The quantitative estimate of drug-likeness (QED) is 0.459. The molecule has 0 spiro atoms. The van der Waals surface area contributed by atoms with E-state index in [1.54, 1.807) is 36.4 Å². The molecular formula is C18H12BrClO4. The smallest absolute Gasteiger partial charge is 0.339 e. The number of carbonyl (C=O) groups excluding carboxylic acids is 1. The monoisotopic (exact) mass is 406 g/mol. The summed E-state index contributed by atoms with van der Waals surface area (Å²) in [6, 6.07) is 11.7. The van der Waals surface area contributed by atoms with Gasteiger partial charge in [-0.2, -0.15) is 0 Å². The van der Waals surface area contributed by atoms with Crippen molar-refractivity contribution in [2.75, 3.05) is 0 Å². The van der Waals surface area contributed by atoms with Crippen molar-refractivity contribution in [3.63, 3.8) is 0 Å². The summed E-state index contributed by atoms with van der Waals surface area (Å²) in [5.74, 6) is -0.484. The Balaban J connectivity index is 1.93. The van der Waals surface area contributed by atoms with Crippen LogP contribution in [0.25, 0.3) is 11.0 Å². The third-order valence-corrected chi connectivity index (χ3v) is 4.66. The Morgan fingerprint density at radius 2 is 2.00 bits per heavy atom. The molecule has 0 bridgehead atoms. The summed E-state index contributed by atoms with van der Waals surface area (Å²) in [6.45, 7) is 1.77. The highest BCUT2D eigenvalue weighted by Crippen LogP contribution is 2.26. The summed E-state index contributed by atoms with van der Waals surface area (Å²) in [6.07, 6.45) is 0. The summed E-state index contributed by atoms with van der Waals surface area (Å²) in [7, 11) is 0. The average Bonchev–Trinajstić information content (AvgIpc) is 2.54. The minimum atomic E-state index is -0.504. The van der Waals surface area contributed by atoms with E-state index in [-0.39, 0.29) is 6.61 Å². The molecule has 4 nitrogen and oxygen atoms in total. The van der Waals surface area contributed by atoms with Gasteiger partial charge in [-0.1, -0.05) is 23.7 Å². The molecule has 3 aromatic rings. The summed E-state index contributed by atoms with van der Waals surface area (Å²) in [5.41, 5.74) is 1.67. The predicted molar refractivity (Wildman–Crippen MR) is 95.5 cm³/mol. The molecule has 3 rings (SSSR count). The van der Waals surface area contributed by atoms with Gasteiger partial charge in [-0.15, -0.1) is 0 Å². The molecule has 0 fully saturated rings. The van der Waals surface area contributed by atoms with Gasteiger partial charge in [0.15, 0.2) is 0 Å². The van der Waals surface area contributed by atoms with Crippen molar-refractivity contribution in [3.8, 4) is 0 Å². The Bertz CT molecular complexity index is 994. The summed E-state index contributed by atoms with van der Waals surface area (Å²) >= 11 is 9.45. The van der Waals surface area contributed by atoms with Crippen LogP contribution >= 0.6 is 27.5 Å². The van der Waals surface area contributed by atoms with Gasteiger partial charge >= 0.3 is 11.6 Å². The van der Waals surface area contributed by atoms with Gasteiger partial charge in [-0.05, 0) is 52.7 Å². The normalized spacial score (nSPS) is 10.8. The van der Waals surface area contributed by atoms with Crippen LogP contribution < -0.4 is 5.63 Å². The van der Waals surface area contributed by atoms with Crippen molar-refractivity contribution >= 4 is 44.5 Å². The SMILES string of the molecule is Cc1cc2oc(=O)cc(COC(=O)c3ccccc3Br)c2cc1Cl. The van der Waals surface area contributed by atoms with Crippen molar-refractivity contribution in [2.45, 2.75) is 13.5 Å². The van der Waals surface area contributed by atoms with E-state index in [9.17, 15) is 9.59 Å². The first-order valence-corrected chi connectivity index (χ1v) is 8.27. The highest BCUT2D eigenvalue weighted by Gasteiger charge is 2.13. The van der Waals surface area contributed by atoms with E-state index in [1.165, 1.54) is 6.07 Å². The van der Waals surface area contributed by atoms with E-state index in [4.69, 9.17) is 20.8 Å². The topological polar surface area (TPSA) is 56.5 Å². The van der Waals surface area contributed by atoms with Crippen LogP contribution in [-0.2, 0) is 11.3 Å². The standard InChI is InChI=1S/C18H12BrClO4/c1-10-6-16-13(8-15(10)20)11(7-17(21)24-16)9-23-18(22)12-4-2-3-5-14(12)19/h2-8H,9H2,1H3. The second-order valence-corrected chi connectivity index (χ2v) is 6.51. The second kappa shape index (κ2) is 6.79. The Hall–Kier alpha value is -2.11. The number of rotatable bonds is 3. The lowest BCUT2D eigenvalue weighted by Crippen LogP contribution is -2.08. The molecule has 0 atom stereocenters. The van der Waals surface area contributed by atoms with Crippen LogP contribution in [0.3, 0.4) is 0 Å². The van der Waals surface area contributed by atoms with Gasteiger partial charge < -0.3 is 9.15 Å². The molecule has 0 saturated carbocycles. The van der Waals surface area contributed by atoms with Gasteiger partial charge in [0.2, 0.25) is 0 Å². The lowest BCUT2D eigenvalue weighted by Gasteiger charge is -2.09. The largest absolute Gasteiger partial charge is 0.457 e. The van der Waals surface area contributed by atoms with Crippen LogP contribution in [0.15, 0.2) is 56.1 Å². The third-order valence-electron chi connectivity index (χ3n) is 3.56. The summed E-state index contributed by atoms with van der Waals surface area (Å²) in [4.78, 5) is 23.9. The van der Waals surface area contributed by atoms with E-state index in [0.717, 1.165) is 5.56 Å². The zero-order valence-corrected chi connectivity index (χ0v) is 15.0. The molecule has 122 valence electrons. The van der Waals surface area contributed by atoms with Crippen LogP contribution in [0.4, 0.5) is 0 Å². The summed E-state index contributed by atoms with van der Waals surface area (Å²) < 4.78 is 11.2. The fourth-order valence-corrected chi connectivity index (χ4v) is 2.93. The maximum absolute atomic E-state index is 12.2. The van der Waals surface area contributed by atoms with E-state index < -0.39 is 11.6 Å². The van der Waals surface area contributed by atoms with Crippen molar-refractivity contribution in [1.82, 2.24) is 0 Å². The number of hydrogen-bond acceptors (Lipinski definition) is 4. The van der Waals surface area contributed by atoms with Gasteiger partial charge in [0.1, 0.15) is 12.2 Å². The Morgan fingerprint density at radius 3 is 2.75 bits per heavy atom. The lowest BCUT2D eigenvalue weighted by atomic mass is 10.1. The van der Waals surface area contributed by atoms with Crippen molar-refractivity contribution in [3.05, 3.63) is 79.1 Å².